The van der Waals surface area contributed by atoms with Crippen molar-refractivity contribution in [3.63, 3.8) is 0 Å². The number of benzene rings is 1. The fourth-order valence-corrected chi connectivity index (χ4v) is 5.03. The minimum atomic E-state index is -3.59. The number of rotatable bonds is 3. The first kappa shape index (κ1) is 14.2. The molecular weight excluding hydrogens is 286 g/mol. The first-order chi connectivity index (χ1) is 10.0. The standard InChI is InChI=1S/C15H19N3O2S/c1-11-5-2-6-12(16)15(11)21(19,20)18-10-4-8-14(18)13-7-3-9-17-13/h2-3,5-7,9,14,17H,4,8,10,16H2,1H3. The SMILES string of the molecule is Cc1cccc(N)c1S(=O)(=O)N1CCCC1c1ccc[nH]1. The molecule has 21 heavy (non-hydrogen) atoms. The number of nitrogens with one attached hydrogen (secondary N) is 1. The number of H-pyrrole nitrogens is 1. The molecule has 3 N–H and O–H groups in total. The lowest BCUT2D eigenvalue weighted by atomic mass is 10.2. The molecule has 0 amide bonds. The van der Waals surface area contributed by atoms with Crippen LogP contribution in [0.15, 0.2) is 41.4 Å². The van der Waals surface area contributed by atoms with Crippen LogP contribution >= 0.6 is 0 Å². The molecule has 1 aromatic heterocycles. The molecule has 2 aromatic rings. The summed E-state index contributed by atoms with van der Waals surface area (Å²) in [6.07, 6.45) is 3.50. The Hall–Kier alpha value is -1.79. The monoisotopic (exact) mass is 305 g/mol. The molecular formula is C15H19N3O2S. The number of nitrogen functional groups attached to an aromatic ring is 1. The number of nitrogens with two attached hydrogens (primary N) is 1. The summed E-state index contributed by atoms with van der Waals surface area (Å²) in [6, 6.07) is 8.88. The van der Waals surface area contributed by atoms with Crippen molar-refractivity contribution >= 4 is 15.7 Å². The number of nitrogens with zero attached hydrogens (tertiary/aromatic N) is 1. The van der Waals surface area contributed by atoms with Crippen LogP contribution in [0, 0.1) is 6.92 Å². The largest absolute Gasteiger partial charge is 0.398 e. The van der Waals surface area contributed by atoms with Gasteiger partial charge in [0.1, 0.15) is 4.90 Å². The molecule has 0 radical (unpaired) electrons. The number of sulfonamides is 1. The Morgan fingerprint density at radius 1 is 1.29 bits per heavy atom. The molecule has 1 aliphatic rings. The quantitative estimate of drug-likeness (QED) is 0.855. The fourth-order valence-electron chi connectivity index (χ4n) is 3.03. The normalized spacial score (nSPS) is 20.0. The van der Waals surface area contributed by atoms with Gasteiger partial charge in [0.2, 0.25) is 10.0 Å². The summed E-state index contributed by atoms with van der Waals surface area (Å²) in [5.74, 6) is 0. The van der Waals surface area contributed by atoms with Crippen molar-refractivity contribution in [3.05, 3.63) is 47.8 Å². The average molecular weight is 305 g/mol. The van der Waals surface area contributed by atoms with E-state index in [0.717, 1.165) is 18.5 Å². The number of hydrogen-bond donors (Lipinski definition) is 2. The summed E-state index contributed by atoms with van der Waals surface area (Å²) in [4.78, 5) is 3.36. The molecule has 6 heteroatoms. The highest BCUT2D eigenvalue weighted by Gasteiger charge is 2.38. The molecule has 3 rings (SSSR count). The van der Waals surface area contributed by atoms with Crippen LogP contribution in [0.25, 0.3) is 0 Å². The Kier molecular flexibility index (Phi) is 3.51. The predicted octanol–water partition coefficient (Wildman–Crippen LogP) is 2.43. The van der Waals surface area contributed by atoms with E-state index in [1.54, 1.807) is 29.4 Å². The van der Waals surface area contributed by atoms with Crippen molar-refractivity contribution < 1.29 is 8.42 Å². The van der Waals surface area contributed by atoms with Crippen molar-refractivity contribution in [2.45, 2.75) is 30.7 Å². The second-order valence-electron chi connectivity index (χ2n) is 5.39. The second kappa shape index (κ2) is 5.20. The van der Waals surface area contributed by atoms with Gasteiger partial charge in [0, 0.05) is 18.4 Å². The minimum Gasteiger partial charge on any atom is -0.398 e. The van der Waals surface area contributed by atoms with Gasteiger partial charge >= 0.3 is 0 Å². The maximum absolute atomic E-state index is 13.0. The Bertz CT molecular complexity index is 718. The zero-order valence-corrected chi connectivity index (χ0v) is 12.7. The number of anilines is 1. The summed E-state index contributed by atoms with van der Waals surface area (Å²) in [5.41, 5.74) is 7.86. The second-order valence-corrected chi connectivity index (χ2v) is 7.22. The average Bonchev–Trinajstić information content (AvgIpc) is 3.09. The summed E-state index contributed by atoms with van der Waals surface area (Å²) in [7, 11) is -3.59. The van der Waals surface area contributed by atoms with E-state index in [-0.39, 0.29) is 10.9 Å². The molecule has 1 fully saturated rings. The number of aryl methyl sites for hydroxylation is 1. The molecule has 1 atom stereocenters. The van der Waals surface area contributed by atoms with E-state index in [0.29, 0.717) is 17.8 Å². The van der Waals surface area contributed by atoms with Gasteiger partial charge in [0.05, 0.1) is 11.7 Å². The zero-order chi connectivity index (χ0) is 15.0. The van der Waals surface area contributed by atoms with Crippen molar-refractivity contribution in [3.8, 4) is 0 Å². The van der Waals surface area contributed by atoms with Crippen LogP contribution in [0.5, 0.6) is 0 Å². The van der Waals surface area contributed by atoms with Crippen LogP contribution in [-0.2, 0) is 10.0 Å². The van der Waals surface area contributed by atoms with Crippen LogP contribution in [0.3, 0.4) is 0 Å². The number of hydrogen-bond acceptors (Lipinski definition) is 3. The van der Waals surface area contributed by atoms with Crippen LogP contribution in [0.1, 0.15) is 30.1 Å². The first-order valence-electron chi connectivity index (χ1n) is 7.02. The lowest BCUT2D eigenvalue weighted by Gasteiger charge is -2.25. The van der Waals surface area contributed by atoms with Crippen LogP contribution in [0.2, 0.25) is 0 Å². The Labute approximate surface area is 124 Å². The van der Waals surface area contributed by atoms with E-state index >= 15 is 0 Å². The van der Waals surface area contributed by atoms with E-state index < -0.39 is 10.0 Å². The highest BCUT2D eigenvalue weighted by atomic mass is 32.2. The van der Waals surface area contributed by atoms with E-state index in [4.69, 9.17) is 5.73 Å². The summed E-state index contributed by atoms with van der Waals surface area (Å²) in [6.45, 7) is 2.31. The molecule has 1 aromatic carbocycles. The third-order valence-corrected chi connectivity index (χ3v) is 6.12. The minimum absolute atomic E-state index is 0.135. The molecule has 0 aliphatic carbocycles. The smallest absolute Gasteiger partial charge is 0.245 e. The zero-order valence-electron chi connectivity index (χ0n) is 11.9. The highest BCUT2D eigenvalue weighted by Crippen LogP contribution is 2.37. The molecule has 1 aliphatic heterocycles. The number of aromatic amines is 1. The first-order valence-corrected chi connectivity index (χ1v) is 8.46. The molecule has 1 saturated heterocycles. The van der Waals surface area contributed by atoms with Gasteiger partial charge in [0.15, 0.2) is 0 Å². The lowest BCUT2D eigenvalue weighted by molar-refractivity contribution is 0.391. The molecule has 1 unspecified atom stereocenters. The van der Waals surface area contributed by atoms with Gasteiger partial charge < -0.3 is 10.7 Å². The predicted molar refractivity (Wildman–Crippen MR) is 82.3 cm³/mol. The molecule has 0 spiro atoms. The van der Waals surface area contributed by atoms with Gasteiger partial charge in [-0.3, -0.25) is 0 Å². The molecule has 2 heterocycles. The Morgan fingerprint density at radius 2 is 2.10 bits per heavy atom. The maximum Gasteiger partial charge on any atom is 0.245 e. The van der Waals surface area contributed by atoms with Gasteiger partial charge in [-0.1, -0.05) is 12.1 Å². The van der Waals surface area contributed by atoms with Crippen LogP contribution in [-0.4, -0.2) is 24.3 Å². The van der Waals surface area contributed by atoms with Crippen LogP contribution in [0.4, 0.5) is 5.69 Å². The van der Waals surface area contributed by atoms with Crippen molar-refractivity contribution in [2.75, 3.05) is 12.3 Å². The third-order valence-electron chi connectivity index (χ3n) is 3.99. The third kappa shape index (κ3) is 2.34. The van der Waals surface area contributed by atoms with Crippen LogP contribution < -0.4 is 5.73 Å². The molecule has 5 nitrogen and oxygen atoms in total. The molecule has 0 bridgehead atoms. The van der Waals surface area contributed by atoms with E-state index in [1.807, 2.05) is 18.3 Å². The number of aromatic nitrogens is 1. The molecule has 112 valence electrons. The lowest BCUT2D eigenvalue weighted by Crippen LogP contribution is -2.31. The molecule has 0 saturated carbocycles. The highest BCUT2D eigenvalue weighted by molar-refractivity contribution is 7.89. The van der Waals surface area contributed by atoms with Crippen molar-refractivity contribution in [1.82, 2.24) is 9.29 Å². The van der Waals surface area contributed by atoms with Gasteiger partial charge in [-0.2, -0.15) is 4.31 Å². The Balaban J connectivity index is 2.06. The maximum atomic E-state index is 13.0. The Morgan fingerprint density at radius 3 is 2.76 bits per heavy atom. The van der Waals surface area contributed by atoms with Gasteiger partial charge in [-0.15, -0.1) is 0 Å². The summed E-state index contributed by atoms with van der Waals surface area (Å²) >= 11 is 0. The van der Waals surface area contributed by atoms with E-state index in [1.165, 1.54) is 0 Å². The van der Waals surface area contributed by atoms with Crippen molar-refractivity contribution in [2.24, 2.45) is 0 Å². The summed E-state index contributed by atoms with van der Waals surface area (Å²) < 4.78 is 27.6. The fraction of sp³-hybridized carbons (Fsp3) is 0.333. The summed E-state index contributed by atoms with van der Waals surface area (Å²) in [5, 5.41) is 0. The van der Waals surface area contributed by atoms with E-state index in [9.17, 15) is 8.42 Å². The van der Waals surface area contributed by atoms with Gasteiger partial charge in [0.25, 0.3) is 0 Å². The topological polar surface area (TPSA) is 79.2 Å². The van der Waals surface area contributed by atoms with Gasteiger partial charge in [-0.05, 0) is 43.5 Å². The van der Waals surface area contributed by atoms with E-state index in [2.05, 4.69) is 4.98 Å². The van der Waals surface area contributed by atoms with Gasteiger partial charge in [-0.25, -0.2) is 8.42 Å². The van der Waals surface area contributed by atoms with Crippen molar-refractivity contribution in [1.29, 1.82) is 0 Å².